The van der Waals surface area contributed by atoms with E-state index in [1.54, 1.807) is 31.2 Å². The third-order valence-electron chi connectivity index (χ3n) is 5.81. The van der Waals surface area contributed by atoms with Gasteiger partial charge in [0.25, 0.3) is 11.5 Å². The fourth-order valence-electron chi connectivity index (χ4n) is 4.17. The first-order valence-corrected chi connectivity index (χ1v) is 13.1. The summed E-state index contributed by atoms with van der Waals surface area (Å²) in [4.78, 5) is 33.0. The predicted octanol–water partition coefficient (Wildman–Crippen LogP) is 4.55. The Balaban J connectivity index is 1.60. The number of anilines is 1. The lowest BCUT2D eigenvalue weighted by Crippen LogP contribution is -2.40. The number of alkyl halides is 2. The second kappa shape index (κ2) is 10.7. The number of methoxy groups -OCH3 is 1. The van der Waals surface area contributed by atoms with Crippen molar-refractivity contribution in [3.63, 3.8) is 0 Å². The fourth-order valence-corrected chi connectivity index (χ4v) is 6.04. The van der Waals surface area contributed by atoms with Gasteiger partial charge in [0.05, 0.1) is 22.9 Å². The number of allylic oxidation sites excluding steroid dienone is 1. The number of aromatic nitrogens is 1. The van der Waals surface area contributed by atoms with Gasteiger partial charge in [-0.2, -0.15) is 8.78 Å². The van der Waals surface area contributed by atoms with Gasteiger partial charge in [-0.15, -0.1) is 11.3 Å². The zero-order valence-corrected chi connectivity index (χ0v) is 21.8. The molecule has 0 saturated carbocycles. The Morgan fingerprint density at radius 1 is 1.13 bits per heavy atom. The number of para-hydroxylation sites is 1. The molecular weight excluding hydrogens is 532 g/mol. The van der Waals surface area contributed by atoms with Crippen LogP contribution >= 0.6 is 22.7 Å². The minimum Gasteiger partial charge on any atom is -0.493 e. The second-order valence-corrected chi connectivity index (χ2v) is 10.2. The lowest BCUT2D eigenvalue weighted by molar-refractivity contribution is -0.113. The molecule has 1 amide bonds. The number of carbonyl (C=O) groups excluding carboxylic acids is 1. The molecule has 1 aliphatic heterocycles. The van der Waals surface area contributed by atoms with Crippen LogP contribution in [0, 0.1) is 0 Å². The molecule has 0 unspecified atom stereocenters. The zero-order chi connectivity index (χ0) is 26.8. The van der Waals surface area contributed by atoms with Crippen LogP contribution in [0.4, 0.5) is 14.5 Å². The van der Waals surface area contributed by atoms with Gasteiger partial charge in [-0.25, -0.2) is 4.99 Å². The number of nitrogens with zero attached hydrogens (tertiary/aromatic N) is 2. The van der Waals surface area contributed by atoms with Crippen molar-refractivity contribution in [2.75, 3.05) is 12.4 Å². The van der Waals surface area contributed by atoms with E-state index in [1.165, 1.54) is 46.5 Å². The number of rotatable bonds is 7. The molecule has 1 atom stereocenters. The highest BCUT2D eigenvalue weighted by Crippen LogP contribution is 2.33. The van der Waals surface area contributed by atoms with Gasteiger partial charge >= 0.3 is 6.61 Å². The highest BCUT2D eigenvalue weighted by atomic mass is 32.1. The average Bonchev–Trinajstić information content (AvgIpc) is 3.53. The number of halogens is 2. The number of thiazole rings is 1. The molecule has 0 radical (unpaired) electrons. The minimum atomic E-state index is -2.99. The molecule has 11 heteroatoms. The molecule has 38 heavy (non-hydrogen) atoms. The molecule has 3 heterocycles. The Morgan fingerprint density at radius 2 is 1.92 bits per heavy atom. The minimum absolute atomic E-state index is 0.108. The van der Waals surface area contributed by atoms with Gasteiger partial charge in [-0.05, 0) is 54.3 Å². The van der Waals surface area contributed by atoms with E-state index in [9.17, 15) is 18.4 Å². The predicted molar refractivity (Wildman–Crippen MR) is 143 cm³/mol. The number of benzene rings is 2. The standard InChI is InChI=1S/C27H21F2N3O4S2/c1-15-22(24(33)31-17-7-4-3-5-8-17)23(20-9-6-12-37-20)32-25(34)21(38-27(32)30-15)14-16-10-11-18(36-26(28)29)19(13-16)35-2/h3-14,23,26H,1-2H3,(H,31,33)/b21-14+/t23-/m0/s1. The topological polar surface area (TPSA) is 81.9 Å². The van der Waals surface area contributed by atoms with Crippen LogP contribution in [0.2, 0.25) is 0 Å². The molecule has 194 valence electrons. The van der Waals surface area contributed by atoms with Crippen molar-refractivity contribution < 1.29 is 23.0 Å². The van der Waals surface area contributed by atoms with Gasteiger partial charge in [0.15, 0.2) is 16.3 Å². The van der Waals surface area contributed by atoms with Crippen LogP contribution < -0.4 is 29.7 Å². The molecule has 0 aliphatic carbocycles. The Labute approximate surface area is 223 Å². The number of carbonyl (C=O) groups is 1. The Bertz CT molecular complexity index is 1690. The summed E-state index contributed by atoms with van der Waals surface area (Å²) in [6, 6.07) is 16.6. The van der Waals surface area contributed by atoms with Gasteiger partial charge in [-0.1, -0.05) is 41.7 Å². The third-order valence-corrected chi connectivity index (χ3v) is 7.72. The first kappa shape index (κ1) is 25.6. The van der Waals surface area contributed by atoms with Crippen molar-refractivity contribution in [2.45, 2.75) is 19.6 Å². The fraction of sp³-hybridized carbons (Fsp3) is 0.148. The summed E-state index contributed by atoms with van der Waals surface area (Å²) in [7, 11) is 1.34. The number of amides is 1. The number of nitrogens with one attached hydrogen (secondary N) is 1. The van der Waals surface area contributed by atoms with Crippen LogP contribution in [0.25, 0.3) is 6.08 Å². The number of fused-ring (bicyclic) bond motifs is 1. The Hall–Kier alpha value is -4.09. The molecule has 1 aliphatic rings. The van der Waals surface area contributed by atoms with Gasteiger partial charge in [0.2, 0.25) is 0 Å². The average molecular weight is 554 g/mol. The third kappa shape index (κ3) is 5.02. The van der Waals surface area contributed by atoms with Crippen LogP contribution in [0.3, 0.4) is 0 Å². The van der Waals surface area contributed by atoms with Crippen molar-refractivity contribution in [3.05, 3.63) is 107 Å². The molecule has 7 nitrogen and oxygen atoms in total. The summed E-state index contributed by atoms with van der Waals surface area (Å²) >= 11 is 2.63. The summed E-state index contributed by atoms with van der Waals surface area (Å²) in [5, 5.41) is 4.80. The maximum atomic E-state index is 13.7. The van der Waals surface area contributed by atoms with Crippen LogP contribution in [-0.2, 0) is 4.79 Å². The molecule has 1 N–H and O–H groups in total. The normalized spacial score (nSPS) is 15.3. The van der Waals surface area contributed by atoms with Crippen molar-refractivity contribution in [2.24, 2.45) is 4.99 Å². The first-order valence-electron chi connectivity index (χ1n) is 11.4. The maximum Gasteiger partial charge on any atom is 0.387 e. The number of hydrogen-bond donors (Lipinski definition) is 1. The molecule has 4 aromatic rings. The summed E-state index contributed by atoms with van der Waals surface area (Å²) in [5.41, 5.74) is 1.76. The Kier molecular flexibility index (Phi) is 7.21. The van der Waals surface area contributed by atoms with Crippen LogP contribution in [0.15, 0.2) is 87.1 Å². The molecule has 0 spiro atoms. The molecule has 0 bridgehead atoms. The van der Waals surface area contributed by atoms with Crippen molar-refractivity contribution in [1.29, 1.82) is 0 Å². The lowest BCUT2D eigenvalue weighted by Gasteiger charge is -2.24. The molecule has 5 rings (SSSR count). The van der Waals surface area contributed by atoms with Gasteiger partial charge < -0.3 is 14.8 Å². The van der Waals surface area contributed by atoms with E-state index in [1.807, 2.05) is 35.7 Å². The van der Waals surface area contributed by atoms with E-state index in [0.717, 1.165) is 4.88 Å². The molecular formula is C27H21F2N3O4S2. The van der Waals surface area contributed by atoms with E-state index in [-0.39, 0.29) is 23.0 Å². The second-order valence-electron chi connectivity index (χ2n) is 8.21. The van der Waals surface area contributed by atoms with Gasteiger partial charge in [-0.3, -0.25) is 14.2 Å². The van der Waals surface area contributed by atoms with E-state index in [0.29, 0.717) is 31.9 Å². The summed E-state index contributed by atoms with van der Waals surface area (Å²) < 4.78 is 36.9. The molecule has 2 aromatic heterocycles. The van der Waals surface area contributed by atoms with Crippen LogP contribution in [0.5, 0.6) is 11.5 Å². The highest BCUT2D eigenvalue weighted by Gasteiger charge is 2.33. The quantitative estimate of drug-likeness (QED) is 0.364. The lowest BCUT2D eigenvalue weighted by atomic mass is 10.0. The number of ether oxygens (including phenoxy) is 2. The zero-order valence-electron chi connectivity index (χ0n) is 20.2. The van der Waals surface area contributed by atoms with Crippen molar-refractivity contribution >= 4 is 40.3 Å². The van der Waals surface area contributed by atoms with E-state index < -0.39 is 12.7 Å². The van der Waals surface area contributed by atoms with Crippen molar-refractivity contribution in [1.82, 2.24) is 4.57 Å². The highest BCUT2D eigenvalue weighted by molar-refractivity contribution is 7.10. The van der Waals surface area contributed by atoms with E-state index in [2.05, 4.69) is 15.0 Å². The van der Waals surface area contributed by atoms with E-state index >= 15 is 0 Å². The van der Waals surface area contributed by atoms with Gasteiger partial charge in [0.1, 0.15) is 6.04 Å². The largest absolute Gasteiger partial charge is 0.493 e. The monoisotopic (exact) mass is 553 g/mol. The number of thiophene rings is 1. The Morgan fingerprint density at radius 3 is 2.61 bits per heavy atom. The summed E-state index contributed by atoms with van der Waals surface area (Å²) in [5.74, 6) is -0.341. The molecule has 2 aromatic carbocycles. The molecule has 0 fully saturated rings. The van der Waals surface area contributed by atoms with Crippen LogP contribution in [0.1, 0.15) is 23.4 Å². The maximum absolute atomic E-state index is 13.7. The summed E-state index contributed by atoms with van der Waals surface area (Å²) in [6.45, 7) is -1.24. The van der Waals surface area contributed by atoms with E-state index in [4.69, 9.17) is 4.74 Å². The first-order chi connectivity index (χ1) is 18.4. The summed E-state index contributed by atoms with van der Waals surface area (Å²) in [6.07, 6.45) is 1.63. The SMILES string of the molecule is COc1cc(/C=c2/sc3n(c2=O)[C@@H](c2cccs2)C(C(=O)Nc2ccccc2)=C(C)N=3)ccc1OC(F)F. The molecule has 0 saturated heterocycles. The smallest absolute Gasteiger partial charge is 0.387 e. The van der Waals surface area contributed by atoms with Gasteiger partial charge in [0, 0.05) is 10.6 Å². The van der Waals surface area contributed by atoms with Crippen molar-refractivity contribution in [3.8, 4) is 11.5 Å². The number of hydrogen-bond acceptors (Lipinski definition) is 7. The van der Waals surface area contributed by atoms with Crippen LogP contribution in [-0.4, -0.2) is 24.2 Å².